The molecule has 2 saturated heterocycles. The highest BCUT2D eigenvalue weighted by Crippen LogP contribution is 2.33. The Labute approximate surface area is 365 Å². The summed E-state index contributed by atoms with van der Waals surface area (Å²) in [5.74, 6) is 3.14. The number of nitrogens with zero attached hydrogens (tertiary/aromatic N) is 10. The Morgan fingerprint density at radius 3 is 1.69 bits per heavy atom. The van der Waals surface area contributed by atoms with Gasteiger partial charge >= 0.3 is 6.09 Å². The van der Waals surface area contributed by atoms with Gasteiger partial charge in [0.05, 0.1) is 63.6 Å². The molecule has 0 aliphatic carbocycles. The lowest BCUT2D eigenvalue weighted by Crippen LogP contribution is -2.49. The number of amides is 1. The van der Waals surface area contributed by atoms with E-state index in [0.717, 1.165) is 73.7 Å². The monoisotopic (exact) mass is 874 g/mol. The number of alkyl carbamates (subject to hydrolysis) is 1. The van der Waals surface area contributed by atoms with Gasteiger partial charge in [-0.15, -0.1) is 12.4 Å². The van der Waals surface area contributed by atoms with Gasteiger partial charge in [-0.3, -0.25) is 0 Å². The summed E-state index contributed by atoms with van der Waals surface area (Å²) < 4.78 is 30.0. The number of piperidine rings is 2. The van der Waals surface area contributed by atoms with Crippen LogP contribution in [0.25, 0.3) is 11.3 Å². The molecule has 2 fully saturated rings. The first-order valence-electron chi connectivity index (χ1n) is 20.1. The summed E-state index contributed by atoms with van der Waals surface area (Å²) >= 11 is 0. The fourth-order valence-corrected chi connectivity index (χ4v) is 7.28. The molecular formula is C41H55ClN14O6. The number of nitrogens with one attached hydrogen (secondary N) is 3. The van der Waals surface area contributed by atoms with Gasteiger partial charge < -0.3 is 55.2 Å². The number of rotatable bonds is 11. The van der Waals surface area contributed by atoms with Crippen LogP contribution in [0, 0.1) is 0 Å². The van der Waals surface area contributed by atoms with Crippen molar-refractivity contribution in [3.63, 3.8) is 0 Å². The Morgan fingerprint density at radius 2 is 1.23 bits per heavy atom. The molecule has 332 valence electrons. The molecule has 2 unspecified atom stereocenters. The van der Waals surface area contributed by atoms with Crippen molar-refractivity contribution in [2.75, 3.05) is 75.1 Å². The molecule has 1 amide bonds. The highest BCUT2D eigenvalue weighted by Gasteiger charge is 2.26. The molecule has 0 radical (unpaired) electrons. The first-order valence-corrected chi connectivity index (χ1v) is 20.1. The first kappa shape index (κ1) is 45.0. The number of carbonyl (C=O) groups is 1. The molecule has 2 aliphatic rings. The van der Waals surface area contributed by atoms with E-state index in [4.69, 9.17) is 29.4 Å². The summed E-state index contributed by atoms with van der Waals surface area (Å²) in [6.45, 7) is 8.89. The molecule has 20 nitrogen and oxygen atoms in total. The van der Waals surface area contributed by atoms with Gasteiger partial charge in [0.2, 0.25) is 0 Å². The average Bonchev–Trinajstić information content (AvgIpc) is 3.94. The minimum atomic E-state index is -0.532. The summed E-state index contributed by atoms with van der Waals surface area (Å²) in [6.07, 6.45) is 10.5. The van der Waals surface area contributed by atoms with E-state index in [1.807, 2.05) is 57.4 Å². The number of ether oxygens (including phenoxy) is 5. The van der Waals surface area contributed by atoms with Crippen LogP contribution in [0.5, 0.6) is 23.3 Å². The molecular weight excluding hydrogens is 820 g/mol. The number of carbonyl (C=O) groups excluding carboxylic acids is 1. The molecule has 8 heterocycles. The Morgan fingerprint density at radius 1 is 0.726 bits per heavy atom. The number of nitrogens with two attached hydrogens (primary N) is 1. The maximum atomic E-state index is 12.3. The third-order valence-electron chi connectivity index (χ3n) is 10.1. The molecule has 0 aromatic carbocycles. The van der Waals surface area contributed by atoms with Crippen molar-refractivity contribution >= 4 is 64.2 Å². The van der Waals surface area contributed by atoms with Crippen LogP contribution in [0.4, 0.5) is 39.2 Å². The number of hydrogen-bond donors (Lipinski definition) is 4. The molecule has 6 aromatic heterocycles. The van der Waals surface area contributed by atoms with Gasteiger partial charge in [0.15, 0.2) is 22.8 Å². The van der Waals surface area contributed by atoms with Gasteiger partial charge in [-0.2, -0.15) is 20.2 Å². The summed E-state index contributed by atoms with van der Waals surface area (Å²) in [7, 11) is 6.26. The number of pyridine rings is 4. The molecule has 8 rings (SSSR count). The van der Waals surface area contributed by atoms with Gasteiger partial charge in [0.25, 0.3) is 11.8 Å². The van der Waals surface area contributed by atoms with Crippen LogP contribution in [0.15, 0.2) is 61.4 Å². The number of halogens is 1. The summed E-state index contributed by atoms with van der Waals surface area (Å²) in [5, 5.41) is 18.3. The van der Waals surface area contributed by atoms with Crippen LogP contribution in [0.2, 0.25) is 0 Å². The third kappa shape index (κ3) is 10.8. The highest BCUT2D eigenvalue weighted by atomic mass is 35.5. The number of fused-ring (bicyclic) bond motifs is 2. The molecule has 62 heavy (non-hydrogen) atoms. The van der Waals surface area contributed by atoms with Gasteiger partial charge in [-0.05, 0) is 82.9 Å². The smallest absolute Gasteiger partial charge is 0.407 e. The normalized spacial score (nSPS) is 16.4. The number of aromatic nitrogens is 8. The Hall–Kier alpha value is -6.54. The van der Waals surface area contributed by atoms with Crippen molar-refractivity contribution in [3.05, 3.63) is 61.4 Å². The Kier molecular flexibility index (Phi) is 14.4. The predicted molar refractivity (Wildman–Crippen MR) is 238 cm³/mol. The first-order chi connectivity index (χ1) is 29.4. The van der Waals surface area contributed by atoms with E-state index >= 15 is 0 Å². The van der Waals surface area contributed by atoms with E-state index in [-0.39, 0.29) is 24.5 Å². The molecule has 0 saturated carbocycles. The van der Waals surface area contributed by atoms with Gasteiger partial charge in [0, 0.05) is 38.3 Å². The maximum Gasteiger partial charge on any atom is 0.407 e. The average molecular weight is 875 g/mol. The number of hydrogen-bond acceptors (Lipinski definition) is 17. The molecule has 0 spiro atoms. The lowest BCUT2D eigenvalue weighted by Gasteiger charge is -2.35. The van der Waals surface area contributed by atoms with E-state index in [0.29, 0.717) is 47.1 Å². The lowest BCUT2D eigenvalue weighted by atomic mass is 10.1. The molecule has 0 bridgehead atoms. The van der Waals surface area contributed by atoms with Crippen LogP contribution in [-0.4, -0.2) is 118 Å². The fourth-order valence-electron chi connectivity index (χ4n) is 7.28. The second-order valence-electron chi connectivity index (χ2n) is 15.6. The topological polar surface area (TPSA) is 218 Å². The van der Waals surface area contributed by atoms with Crippen LogP contribution in [0.3, 0.4) is 0 Å². The second-order valence-corrected chi connectivity index (χ2v) is 15.6. The van der Waals surface area contributed by atoms with Crippen molar-refractivity contribution in [3.8, 4) is 23.3 Å². The molecule has 2 atom stereocenters. The van der Waals surface area contributed by atoms with Crippen molar-refractivity contribution in [1.29, 1.82) is 0 Å². The van der Waals surface area contributed by atoms with Gasteiger partial charge in [-0.1, -0.05) is 0 Å². The largest absolute Gasteiger partial charge is 0.491 e. The van der Waals surface area contributed by atoms with E-state index in [2.05, 4.69) is 61.9 Å². The number of anilines is 6. The van der Waals surface area contributed by atoms with Crippen LogP contribution in [0.1, 0.15) is 46.5 Å². The minimum Gasteiger partial charge on any atom is -0.491 e. The standard InChI is InChI=1S/C23H31N7O4.C18H23N7O2.ClH/c1-23(2,3)34-22(31)26-15-7-6-10-29(12-15)16-11-17(20-24-14-25-30(20)13-16)27-19-9-8-18(32-4)21(28-19)33-5;1-26-15-5-6-16(23-18(15)27-2)22-14-8-13(10-25-17(14)20-11-21-25)24-7-3-4-12(19)9-24;/h8-9,11,13-15H,6-7,10,12H2,1-5H3,(H,26,31)(H,27,28);5-6,8,10-12H,3-4,7,9,19H2,1-2H3,(H,22,23);1H. The van der Waals surface area contributed by atoms with Crippen LogP contribution in [-0.2, 0) is 4.74 Å². The summed E-state index contributed by atoms with van der Waals surface area (Å²) in [5.41, 5.74) is 10.6. The quantitative estimate of drug-likeness (QED) is 0.124. The van der Waals surface area contributed by atoms with Crippen molar-refractivity contribution < 1.29 is 28.5 Å². The van der Waals surface area contributed by atoms with Crippen molar-refractivity contribution in [1.82, 2.24) is 44.5 Å². The SMILES string of the molecule is COc1ccc(Nc2cc(N3CCCC(N)C3)cn3ncnc23)nc1OC.COc1ccc(Nc2cc(N3CCCC(NC(=O)OC(C)(C)C)C3)cn3ncnc23)nc1OC.Cl. The van der Waals surface area contributed by atoms with Crippen LogP contribution < -0.4 is 50.4 Å². The van der Waals surface area contributed by atoms with E-state index in [9.17, 15) is 4.79 Å². The van der Waals surface area contributed by atoms with E-state index < -0.39 is 11.7 Å². The molecule has 2 aliphatic heterocycles. The van der Waals surface area contributed by atoms with E-state index in [1.54, 1.807) is 43.5 Å². The van der Waals surface area contributed by atoms with Gasteiger partial charge in [-0.25, -0.2) is 23.8 Å². The highest BCUT2D eigenvalue weighted by molar-refractivity contribution is 5.85. The van der Waals surface area contributed by atoms with Crippen molar-refractivity contribution in [2.24, 2.45) is 5.73 Å². The van der Waals surface area contributed by atoms with Gasteiger partial charge in [0.1, 0.15) is 29.9 Å². The van der Waals surface area contributed by atoms with Crippen LogP contribution >= 0.6 is 12.4 Å². The maximum absolute atomic E-state index is 12.3. The Bertz CT molecular complexity index is 2440. The summed E-state index contributed by atoms with van der Waals surface area (Å²) in [4.78, 5) is 34.4. The zero-order chi connectivity index (χ0) is 43.1. The minimum absolute atomic E-state index is 0. The zero-order valence-corrected chi connectivity index (χ0v) is 36.8. The molecule has 5 N–H and O–H groups in total. The Balaban J connectivity index is 0.000000209. The third-order valence-corrected chi connectivity index (χ3v) is 10.1. The molecule has 6 aromatic rings. The fraction of sp³-hybridized carbons (Fsp3) is 0.439. The zero-order valence-electron chi connectivity index (χ0n) is 36.0. The molecule has 21 heteroatoms. The van der Waals surface area contributed by atoms with Crippen molar-refractivity contribution in [2.45, 2.75) is 64.1 Å². The van der Waals surface area contributed by atoms with E-state index in [1.165, 1.54) is 12.7 Å². The number of methoxy groups -OCH3 is 4. The summed E-state index contributed by atoms with van der Waals surface area (Å²) in [6, 6.07) is 11.5. The predicted octanol–water partition coefficient (Wildman–Crippen LogP) is 5.61. The lowest BCUT2D eigenvalue weighted by molar-refractivity contribution is 0.0500. The second kappa shape index (κ2) is 19.9.